The van der Waals surface area contributed by atoms with Gasteiger partial charge in [-0.1, -0.05) is 23.2 Å². The van der Waals surface area contributed by atoms with Crippen LogP contribution in [0.2, 0.25) is 10.0 Å². The van der Waals surface area contributed by atoms with Gasteiger partial charge in [-0.05, 0) is 12.1 Å². The van der Waals surface area contributed by atoms with Crippen LogP contribution in [0.4, 0.5) is 22.0 Å². The van der Waals surface area contributed by atoms with E-state index in [1.807, 2.05) is 0 Å². The summed E-state index contributed by atoms with van der Waals surface area (Å²) in [5.74, 6) is -10.3. The fourth-order valence-corrected chi connectivity index (χ4v) is 1.85. The molecule has 0 aliphatic rings. The van der Waals surface area contributed by atoms with Crippen LogP contribution in [0.15, 0.2) is 18.2 Å². The zero-order valence-corrected chi connectivity index (χ0v) is 11.5. The summed E-state index contributed by atoms with van der Waals surface area (Å²) in [7, 11) is 0. The Morgan fingerprint density at radius 3 is 1.90 bits per heavy atom. The average molecular weight is 343 g/mol. The van der Waals surface area contributed by atoms with E-state index < -0.39 is 41.3 Å². The molecule has 0 unspecified atom stereocenters. The summed E-state index contributed by atoms with van der Waals surface area (Å²) in [6, 6.07) is 4.04. The smallest absolute Gasteiger partial charge is 0.200 e. The molecule has 0 saturated heterocycles. The molecule has 0 radical (unpaired) electrons. The lowest BCUT2D eigenvalue weighted by atomic mass is 10.2. The Balaban J connectivity index is 2.35. The fourth-order valence-electron chi connectivity index (χ4n) is 1.51. The SMILES string of the molecule is Fc1c(F)c(F)c(COc2cc(Cl)ccc2Cl)c(F)c1F. The van der Waals surface area contributed by atoms with E-state index in [-0.39, 0.29) is 15.8 Å². The van der Waals surface area contributed by atoms with Gasteiger partial charge in [0.2, 0.25) is 5.82 Å². The third kappa shape index (κ3) is 3.06. The summed E-state index contributed by atoms with van der Waals surface area (Å²) in [4.78, 5) is 0. The van der Waals surface area contributed by atoms with Crippen molar-refractivity contribution in [2.24, 2.45) is 0 Å². The Kier molecular flexibility index (Phi) is 4.58. The maximum Gasteiger partial charge on any atom is 0.200 e. The van der Waals surface area contributed by atoms with E-state index in [9.17, 15) is 22.0 Å². The Hall–Kier alpha value is -1.53. The zero-order chi connectivity index (χ0) is 15.7. The second-order valence-corrected chi connectivity index (χ2v) is 4.76. The average Bonchev–Trinajstić information content (AvgIpc) is 2.46. The van der Waals surface area contributed by atoms with Crippen molar-refractivity contribution in [2.75, 3.05) is 0 Å². The van der Waals surface area contributed by atoms with Gasteiger partial charge < -0.3 is 4.74 Å². The van der Waals surface area contributed by atoms with Crippen LogP contribution in [0.3, 0.4) is 0 Å². The third-order valence-electron chi connectivity index (χ3n) is 2.57. The first-order valence-electron chi connectivity index (χ1n) is 5.41. The zero-order valence-electron chi connectivity index (χ0n) is 9.99. The summed E-state index contributed by atoms with van der Waals surface area (Å²) < 4.78 is 70.7. The molecule has 0 amide bonds. The van der Waals surface area contributed by atoms with E-state index in [1.165, 1.54) is 18.2 Å². The molecule has 0 bridgehead atoms. The summed E-state index contributed by atoms with van der Waals surface area (Å²) in [6.45, 7) is -0.897. The normalized spacial score (nSPS) is 10.8. The number of ether oxygens (including phenoxy) is 1. The number of hydrogen-bond acceptors (Lipinski definition) is 1. The van der Waals surface area contributed by atoms with Gasteiger partial charge in [0.1, 0.15) is 12.4 Å². The van der Waals surface area contributed by atoms with Crippen molar-refractivity contribution in [1.82, 2.24) is 0 Å². The van der Waals surface area contributed by atoms with Gasteiger partial charge >= 0.3 is 0 Å². The van der Waals surface area contributed by atoms with Gasteiger partial charge in [-0.2, -0.15) is 0 Å². The standard InChI is InChI=1S/C13H5Cl2F5O/c14-5-1-2-7(15)8(3-5)21-4-6-9(16)11(18)13(20)12(19)10(6)17/h1-3H,4H2. The van der Waals surface area contributed by atoms with Gasteiger partial charge in [-0.25, -0.2) is 22.0 Å². The minimum Gasteiger partial charge on any atom is -0.487 e. The van der Waals surface area contributed by atoms with Gasteiger partial charge in [-0.3, -0.25) is 0 Å². The number of hydrogen-bond donors (Lipinski definition) is 0. The molecule has 2 aromatic rings. The molecule has 0 atom stereocenters. The van der Waals surface area contributed by atoms with Crippen molar-refractivity contribution in [3.63, 3.8) is 0 Å². The third-order valence-corrected chi connectivity index (χ3v) is 3.11. The highest BCUT2D eigenvalue weighted by molar-refractivity contribution is 6.34. The number of benzene rings is 2. The monoisotopic (exact) mass is 342 g/mol. The molecule has 8 heteroatoms. The van der Waals surface area contributed by atoms with Crippen LogP contribution in [0.25, 0.3) is 0 Å². The first kappa shape index (κ1) is 15.9. The Labute approximate surface area is 125 Å². The molecule has 0 saturated carbocycles. The highest BCUT2D eigenvalue weighted by Gasteiger charge is 2.26. The lowest BCUT2D eigenvalue weighted by Gasteiger charge is -2.11. The van der Waals surface area contributed by atoms with Crippen molar-refractivity contribution in [2.45, 2.75) is 6.61 Å². The van der Waals surface area contributed by atoms with Crippen molar-refractivity contribution in [3.8, 4) is 5.75 Å². The topological polar surface area (TPSA) is 9.23 Å². The summed E-state index contributed by atoms with van der Waals surface area (Å²) in [5, 5.41) is 0.301. The van der Waals surface area contributed by atoms with Crippen LogP contribution >= 0.6 is 23.2 Å². The maximum absolute atomic E-state index is 13.4. The Morgan fingerprint density at radius 1 is 0.810 bits per heavy atom. The second kappa shape index (κ2) is 6.07. The van der Waals surface area contributed by atoms with Crippen LogP contribution in [-0.4, -0.2) is 0 Å². The molecule has 1 nitrogen and oxygen atoms in total. The van der Waals surface area contributed by atoms with Crippen LogP contribution in [0.1, 0.15) is 5.56 Å². The minimum absolute atomic E-state index is 0.0480. The number of rotatable bonds is 3. The molecule has 0 aliphatic carbocycles. The van der Waals surface area contributed by atoms with Crippen molar-refractivity contribution in [3.05, 3.63) is 62.9 Å². The van der Waals surface area contributed by atoms with E-state index in [2.05, 4.69) is 0 Å². The summed E-state index contributed by atoms with van der Waals surface area (Å²) >= 11 is 11.4. The van der Waals surface area contributed by atoms with Crippen LogP contribution in [0, 0.1) is 29.1 Å². The molecular weight excluding hydrogens is 338 g/mol. The van der Waals surface area contributed by atoms with Gasteiger partial charge in [-0.15, -0.1) is 0 Å². The van der Waals surface area contributed by atoms with E-state index in [4.69, 9.17) is 27.9 Å². The van der Waals surface area contributed by atoms with Gasteiger partial charge in [0.05, 0.1) is 10.6 Å². The highest BCUT2D eigenvalue weighted by Crippen LogP contribution is 2.30. The second-order valence-electron chi connectivity index (χ2n) is 3.91. The van der Waals surface area contributed by atoms with E-state index in [0.717, 1.165) is 0 Å². The molecule has 0 fully saturated rings. The molecule has 2 rings (SSSR count). The van der Waals surface area contributed by atoms with E-state index in [0.29, 0.717) is 0 Å². The molecule has 0 heterocycles. The summed E-state index contributed by atoms with van der Waals surface area (Å²) in [5.41, 5.74) is -1.09. The van der Waals surface area contributed by atoms with Gasteiger partial charge in [0.15, 0.2) is 23.3 Å². The van der Waals surface area contributed by atoms with E-state index in [1.54, 1.807) is 0 Å². The van der Waals surface area contributed by atoms with Crippen LogP contribution < -0.4 is 4.74 Å². The van der Waals surface area contributed by atoms with Crippen molar-refractivity contribution < 1.29 is 26.7 Å². The maximum atomic E-state index is 13.4. The minimum atomic E-state index is -2.23. The largest absolute Gasteiger partial charge is 0.487 e. The fraction of sp³-hybridized carbons (Fsp3) is 0.0769. The Bertz CT molecular complexity index is 676. The first-order chi connectivity index (χ1) is 9.82. The Morgan fingerprint density at radius 2 is 1.33 bits per heavy atom. The lowest BCUT2D eigenvalue weighted by molar-refractivity contribution is 0.279. The molecule has 0 spiro atoms. The lowest BCUT2D eigenvalue weighted by Crippen LogP contribution is -2.10. The molecule has 0 aromatic heterocycles. The predicted octanol–water partition coefficient (Wildman–Crippen LogP) is 5.27. The summed E-state index contributed by atoms with van der Waals surface area (Å²) in [6.07, 6.45) is 0. The highest BCUT2D eigenvalue weighted by atomic mass is 35.5. The number of halogens is 7. The molecular formula is C13H5Cl2F5O. The van der Waals surface area contributed by atoms with Gasteiger partial charge in [0, 0.05) is 11.1 Å². The first-order valence-corrected chi connectivity index (χ1v) is 6.16. The van der Waals surface area contributed by atoms with Gasteiger partial charge in [0.25, 0.3) is 0 Å². The van der Waals surface area contributed by atoms with Crippen molar-refractivity contribution >= 4 is 23.2 Å². The molecule has 2 aromatic carbocycles. The molecule has 21 heavy (non-hydrogen) atoms. The molecule has 0 N–H and O–H groups in total. The quantitative estimate of drug-likeness (QED) is 0.419. The molecule has 0 aliphatic heterocycles. The van der Waals surface area contributed by atoms with Crippen LogP contribution in [0.5, 0.6) is 5.75 Å². The van der Waals surface area contributed by atoms with Crippen molar-refractivity contribution in [1.29, 1.82) is 0 Å². The molecule has 112 valence electrons. The predicted molar refractivity (Wildman–Crippen MR) is 67.0 cm³/mol. The van der Waals surface area contributed by atoms with Crippen LogP contribution in [-0.2, 0) is 6.61 Å². The van der Waals surface area contributed by atoms with E-state index >= 15 is 0 Å².